The van der Waals surface area contributed by atoms with Crippen LogP contribution in [0.2, 0.25) is 0 Å². The van der Waals surface area contributed by atoms with Crippen LogP contribution in [-0.4, -0.2) is 35.4 Å². The third-order valence-electron chi connectivity index (χ3n) is 4.90. The molecule has 4 rings (SSSR count). The molecule has 0 saturated carbocycles. The number of benzene rings is 1. The van der Waals surface area contributed by atoms with E-state index in [1.54, 1.807) is 35.2 Å². The Kier molecular flexibility index (Phi) is 6.04. The van der Waals surface area contributed by atoms with Gasteiger partial charge in [0.2, 0.25) is 0 Å². The van der Waals surface area contributed by atoms with Crippen molar-refractivity contribution in [2.75, 3.05) is 19.6 Å². The van der Waals surface area contributed by atoms with Crippen molar-refractivity contribution in [2.45, 2.75) is 25.5 Å². The summed E-state index contributed by atoms with van der Waals surface area (Å²) in [6.45, 7) is 3.02. The van der Waals surface area contributed by atoms with Crippen LogP contribution < -0.4 is 10.1 Å². The lowest BCUT2D eigenvalue weighted by Crippen LogP contribution is -2.36. The van der Waals surface area contributed by atoms with Gasteiger partial charge < -0.3 is 14.5 Å². The number of thiazole rings is 1. The topological polar surface area (TPSA) is 67.6 Å². The molecule has 1 atom stereocenters. The van der Waals surface area contributed by atoms with E-state index in [1.807, 2.05) is 29.6 Å². The van der Waals surface area contributed by atoms with Gasteiger partial charge in [-0.2, -0.15) is 0 Å². The molecule has 0 spiro atoms. The zero-order valence-corrected chi connectivity index (χ0v) is 16.4. The summed E-state index contributed by atoms with van der Waals surface area (Å²) in [5.41, 5.74) is 3.29. The van der Waals surface area contributed by atoms with Crippen molar-refractivity contribution >= 4 is 17.2 Å². The molecule has 28 heavy (non-hydrogen) atoms. The number of rotatable bonds is 8. The van der Waals surface area contributed by atoms with Crippen LogP contribution >= 0.6 is 11.3 Å². The minimum absolute atomic E-state index is 0.0715. The fourth-order valence-corrected chi connectivity index (χ4v) is 3.95. The van der Waals surface area contributed by atoms with E-state index in [1.165, 1.54) is 12.8 Å². The van der Waals surface area contributed by atoms with E-state index < -0.39 is 0 Å². The van der Waals surface area contributed by atoms with Crippen LogP contribution in [0.1, 0.15) is 40.7 Å². The molecule has 1 aliphatic heterocycles. The van der Waals surface area contributed by atoms with Crippen molar-refractivity contribution in [1.82, 2.24) is 15.2 Å². The van der Waals surface area contributed by atoms with Crippen molar-refractivity contribution in [3.8, 4) is 5.75 Å². The van der Waals surface area contributed by atoms with Crippen molar-refractivity contribution in [2.24, 2.45) is 0 Å². The lowest BCUT2D eigenvalue weighted by Gasteiger charge is -2.26. The predicted octanol–water partition coefficient (Wildman–Crippen LogP) is 3.88. The van der Waals surface area contributed by atoms with Gasteiger partial charge in [-0.25, -0.2) is 4.98 Å². The summed E-state index contributed by atoms with van der Waals surface area (Å²) in [4.78, 5) is 19.1. The highest BCUT2D eigenvalue weighted by molar-refractivity contribution is 7.07. The largest absolute Gasteiger partial charge is 0.487 e. The van der Waals surface area contributed by atoms with Gasteiger partial charge in [-0.05, 0) is 62.3 Å². The summed E-state index contributed by atoms with van der Waals surface area (Å²) in [5.74, 6) is 1.52. The first-order valence-electron chi connectivity index (χ1n) is 9.45. The number of carbonyl (C=O) groups excluding carboxylic acids is 1. The van der Waals surface area contributed by atoms with E-state index in [0.717, 1.165) is 30.3 Å². The van der Waals surface area contributed by atoms with Crippen LogP contribution in [0.25, 0.3) is 0 Å². The number of furan rings is 1. The van der Waals surface area contributed by atoms with Crippen LogP contribution in [0.3, 0.4) is 0 Å². The van der Waals surface area contributed by atoms with E-state index >= 15 is 0 Å². The maximum Gasteiger partial charge on any atom is 0.251 e. The van der Waals surface area contributed by atoms with Crippen LogP contribution in [0.5, 0.6) is 5.75 Å². The van der Waals surface area contributed by atoms with Crippen molar-refractivity contribution in [3.05, 3.63) is 70.6 Å². The van der Waals surface area contributed by atoms with Crippen LogP contribution in [0.4, 0.5) is 0 Å². The van der Waals surface area contributed by atoms with Gasteiger partial charge in [0.15, 0.2) is 0 Å². The van der Waals surface area contributed by atoms with E-state index in [4.69, 9.17) is 9.15 Å². The molecule has 0 radical (unpaired) electrons. The van der Waals surface area contributed by atoms with E-state index in [-0.39, 0.29) is 11.9 Å². The lowest BCUT2D eigenvalue weighted by atomic mass is 10.1. The van der Waals surface area contributed by atoms with Crippen molar-refractivity contribution in [3.63, 3.8) is 0 Å². The number of nitrogens with one attached hydrogen (secondary N) is 1. The van der Waals surface area contributed by atoms with Gasteiger partial charge >= 0.3 is 0 Å². The Morgan fingerprint density at radius 1 is 1.25 bits per heavy atom. The molecule has 2 aromatic heterocycles. The SMILES string of the molecule is O=C(NCC(c1ccco1)N1CCCC1)c1ccc(OCc2cscn2)cc1. The summed E-state index contributed by atoms with van der Waals surface area (Å²) >= 11 is 1.54. The van der Waals surface area contributed by atoms with Gasteiger partial charge in [-0.1, -0.05) is 0 Å². The molecule has 1 N–H and O–H groups in total. The normalized spacial score (nSPS) is 15.4. The number of amides is 1. The first-order valence-corrected chi connectivity index (χ1v) is 10.4. The van der Waals surface area contributed by atoms with Crippen LogP contribution in [0, 0.1) is 0 Å². The molecule has 146 valence electrons. The molecule has 1 amide bonds. The first-order chi connectivity index (χ1) is 13.8. The Labute approximate surface area is 168 Å². The zero-order chi connectivity index (χ0) is 19.2. The summed E-state index contributed by atoms with van der Waals surface area (Å²) in [7, 11) is 0. The molecule has 0 aliphatic carbocycles. The minimum atomic E-state index is -0.0956. The molecular weight excluding hydrogens is 374 g/mol. The molecule has 3 aromatic rings. The summed E-state index contributed by atoms with van der Waals surface area (Å²) in [6.07, 6.45) is 4.06. The summed E-state index contributed by atoms with van der Waals surface area (Å²) in [6, 6.07) is 11.1. The van der Waals surface area contributed by atoms with Gasteiger partial charge in [-0.3, -0.25) is 9.69 Å². The molecule has 1 aromatic carbocycles. The first kappa shape index (κ1) is 18.7. The minimum Gasteiger partial charge on any atom is -0.487 e. The van der Waals surface area contributed by atoms with E-state index in [9.17, 15) is 4.79 Å². The molecule has 3 heterocycles. The molecule has 7 heteroatoms. The fraction of sp³-hybridized carbons (Fsp3) is 0.333. The Hall–Kier alpha value is -2.64. The average Bonchev–Trinajstić information content (AvgIpc) is 3.51. The number of carbonyl (C=O) groups is 1. The van der Waals surface area contributed by atoms with Gasteiger partial charge in [0.1, 0.15) is 18.1 Å². The third kappa shape index (κ3) is 4.61. The lowest BCUT2D eigenvalue weighted by molar-refractivity contribution is 0.0933. The Morgan fingerprint density at radius 3 is 2.75 bits per heavy atom. The van der Waals surface area contributed by atoms with Crippen molar-refractivity contribution in [1.29, 1.82) is 0 Å². The molecule has 6 nitrogen and oxygen atoms in total. The van der Waals surface area contributed by atoms with Crippen LogP contribution in [0.15, 0.2) is 58.0 Å². The highest BCUT2D eigenvalue weighted by Gasteiger charge is 2.26. The second-order valence-electron chi connectivity index (χ2n) is 6.78. The van der Waals surface area contributed by atoms with Crippen LogP contribution in [-0.2, 0) is 6.61 Å². The molecule has 0 bridgehead atoms. The van der Waals surface area contributed by atoms with Gasteiger partial charge in [0, 0.05) is 17.5 Å². The number of hydrogen-bond acceptors (Lipinski definition) is 6. The van der Waals surface area contributed by atoms with Gasteiger partial charge in [0.25, 0.3) is 5.91 Å². The maximum atomic E-state index is 12.6. The Bertz CT molecular complexity index is 857. The van der Waals surface area contributed by atoms with E-state index in [2.05, 4.69) is 15.2 Å². The smallest absolute Gasteiger partial charge is 0.251 e. The second-order valence-corrected chi connectivity index (χ2v) is 7.50. The number of ether oxygens (including phenoxy) is 1. The predicted molar refractivity (Wildman–Crippen MR) is 107 cm³/mol. The monoisotopic (exact) mass is 397 g/mol. The van der Waals surface area contributed by atoms with Gasteiger partial charge in [-0.15, -0.1) is 11.3 Å². The molecule has 1 aliphatic rings. The third-order valence-corrected chi connectivity index (χ3v) is 5.53. The van der Waals surface area contributed by atoms with Crippen molar-refractivity contribution < 1.29 is 13.9 Å². The summed E-state index contributed by atoms with van der Waals surface area (Å²) < 4.78 is 11.3. The quantitative estimate of drug-likeness (QED) is 0.625. The standard InChI is InChI=1S/C21H23N3O3S/c25-21(16-5-7-18(8-6-16)27-13-17-14-28-15-23-17)22-12-19(20-4-3-11-26-20)24-9-1-2-10-24/h3-8,11,14-15,19H,1-2,9-10,12-13H2,(H,22,25). The second kappa shape index (κ2) is 9.03. The summed E-state index contributed by atoms with van der Waals surface area (Å²) in [5, 5.41) is 5.00. The molecule has 1 saturated heterocycles. The average molecular weight is 398 g/mol. The Morgan fingerprint density at radius 2 is 2.07 bits per heavy atom. The number of hydrogen-bond donors (Lipinski definition) is 1. The number of likely N-dealkylation sites (tertiary alicyclic amines) is 1. The zero-order valence-electron chi connectivity index (χ0n) is 15.5. The highest BCUT2D eigenvalue weighted by atomic mass is 32.1. The maximum absolute atomic E-state index is 12.6. The number of nitrogens with zero attached hydrogens (tertiary/aromatic N) is 2. The molecule has 1 unspecified atom stereocenters. The van der Waals surface area contributed by atoms with Gasteiger partial charge in [0.05, 0.1) is 23.5 Å². The van der Waals surface area contributed by atoms with E-state index in [0.29, 0.717) is 18.7 Å². The number of aromatic nitrogens is 1. The fourth-order valence-electron chi connectivity index (χ4n) is 3.40. The molecule has 1 fully saturated rings. The molecular formula is C21H23N3O3S. The Balaban J connectivity index is 1.33. The highest BCUT2D eigenvalue weighted by Crippen LogP contribution is 2.25.